The third-order valence-corrected chi connectivity index (χ3v) is 4.19. The van der Waals surface area contributed by atoms with E-state index in [-0.39, 0.29) is 5.41 Å². The molecule has 2 aromatic rings. The molecule has 2 rings (SSSR count). The number of thiophene rings is 1. The smallest absolute Gasteiger partial charge is 0.126 e. The lowest BCUT2D eigenvalue weighted by atomic mass is 9.91. The second-order valence-corrected chi connectivity index (χ2v) is 6.00. The summed E-state index contributed by atoms with van der Waals surface area (Å²) in [6.07, 6.45) is 0. The zero-order valence-corrected chi connectivity index (χ0v) is 11.7. The second-order valence-electron chi connectivity index (χ2n) is 5.06. The number of nitrogens with zero attached hydrogens (tertiary/aromatic N) is 1. The Morgan fingerprint density at radius 1 is 1.37 bits per heavy atom. The van der Waals surface area contributed by atoms with Crippen molar-refractivity contribution in [3.8, 4) is 6.07 Å². The molecular weight excluding hydrogens is 259 g/mol. The average molecular weight is 274 g/mol. The van der Waals surface area contributed by atoms with Crippen LogP contribution in [-0.2, 0) is 5.41 Å². The Kier molecular flexibility index (Phi) is 3.87. The van der Waals surface area contributed by atoms with Crippen molar-refractivity contribution in [3.05, 3.63) is 52.0 Å². The zero-order valence-electron chi connectivity index (χ0n) is 10.9. The highest BCUT2D eigenvalue weighted by Gasteiger charge is 2.21. The van der Waals surface area contributed by atoms with E-state index in [1.807, 2.05) is 17.5 Å². The van der Waals surface area contributed by atoms with E-state index in [9.17, 15) is 4.39 Å². The fourth-order valence-corrected chi connectivity index (χ4v) is 2.68. The zero-order chi connectivity index (χ0) is 13.9. The van der Waals surface area contributed by atoms with Crippen molar-refractivity contribution < 1.29 is 4.39 Å². The van der Waals surface area contributed by atoms with Crippen LogP contribution in [0.2, 0.25) is 0 Å². The van der Waals surface area contributed by atoms with Gasteiger partial charge in [-0.25, -0.2) is 4.39 Å². The van der Waals surface area contributed by atoms with Crippen LogP contribution in [0.5, 0.6) is 0 Å². The third kappa shape index (κ3) is 3.33. The molecule has 0 radical (unpaired) electrons. The summed E-state index contributed by atoms with van der Waals surface area (Å²) in [5.41, 5.74) is 0.936. The van der Waals surface area contributed by atoms with Crippen molar-refractivity contribution in [3.63, 3.8) is 0 Å². The molecule has 1 aromatic carbocycles. The summed E-state index contributed by atoms with van der Waals surface area (Å²) in [4.78, 5) is 1.27. The maximum atomic E-state index is 13.3. The second kappa shape index (κ2) is 5.41. The highest BCUT2D eigenvalue weighted by Crippen LogP contribution is 2.28. The van der Waals surface area contributed by atoms with Crippen LogP contribution in [0.25, 0.3) is 0 Å². The van der Waals surface area contributed by atoms with Gasteiger partial charge in [-0.3, -0.25) is 0 Å². The maximum Gasteiger partial charge on any atom is 0.126 e. The molecule has 0 atom stereocenters. The van der Waals surface area contributed by atoms with Gasteiger partial charge in [-0.2, -0.15) is 5.26 Å². The quantitative estimate of drug-likeness (QED) is 0.909. The molecule has 0 saturated carbocycles. The van der Waals surface area contributed by atoms with E-state index in [4.69, 9.17) is 5.26 Å². The number of anilines is 1. The lowest BCUT2D eigenvalue weighted by Crippen LogP contribution is -2.26. The summed E-state index contributed by atoms with van der Waals surface area (Å²) in [6.45, 7) is 4.95. The molecule has 2 nitrogen and oxygen atoms in total. The summed E-state index contributed by atoms with van der Waals surface area (Å²) in [6, 6.07) is 10.4. The summed E-state index contributed by atoms with van der Waals surface area (Å²) in [7, 11) is 0. The molecule has 0 aliphatic carbocycles. The summed E-state index contributed by atoms with van der Waals surface area (Å²) in [5.74, 6) is -0.393. The van der Waals surface area contributed by atoms with Gasteiger partial charge in [0.25, 0.3) is 0 Å². The van der Waals surface area contributed by atoms with E-state index >= 15 is 0 Å². The predicted octanol–water partition coefficient (Wildman–Crippen LogP) is 4.15. The molecule has 0 fully saturated rings. The van der Waals surface area contributed by atoms with E-state index in [0.29, 0.717) is 17.8 Å². The Morgan fingerprint density at radius 3 is 2.79 bits per heavy atom. The van der Waals surface area contributed by atoms with Gasteiger partial charge >= 0.3 is 0 Å². The molecule has 0 aliphatic heterocycles. The average Bonchev–Trinajstić information content (AvgIpc) is 2.90. The molecule has 1 heterocycles. The molecule has 0 amide bonds. The van der Waals surface area contributed by atoms with Gasteiger partial charge in [-0.15, -0.1) is 11.3 Å². The third-order valence-electron chi connectivity index (χ3n) is 2.95. The molecule has 1 aromatic heterocycles. The fourth-order valence-electron chi connectivity index (χ4n) is 1.83. The molecule has 98 valence electrons. The standard InChI is InChI=1S/C15H15FN2S/c1-15(2,14-4-3-5-19-14)10-18-13-7-11(9-17)6-12(16)8-13/h3-8,18H,10H2,1-2H3. The Hall–Kier alpha value is -1.86. The van der Waals surface area contributed by atoms with Gasteiger partial charge in [-0.05, 0) is 29.6 Å². The van der Waals surface area contributed by atoms with E-state index in [0.717, 1.165) is 0 Å². The Bertz CT molecular complexity index is 597. The number of nitrogens with one attached hydrogen (secondary N) is 1. The largest absolute Gasteiger partial charge is 0.384 e. The minimum absolute atomic E-state index is 0.0344. The van der Waals surface area contributed by atoms with Crippen LogP contribution in [0.4, 0.5) is 10.1 Å². The highest BCUT2D eigenvalue weighted by molar-refractivity contribution is 7.10. The number of hydrogen-bond donors (Lipinski definition) is 1. The molecule has 0 aliphatic rings. The monoisotopic (exact) mass is 274 g/mol. The van der Waals surface area contributed by atoms with Crippen LogP contribution in [0, 0.1) is 17.1 Å². The SMILES string of the molecule is CC(C)(CNc1cc(F)cc(C#N)c1)c1cccs1. The highest BCUT2D eigenvalue weighted by atomic mass is 32.1. The van der Waals surface area contributed by atoms with E-state index in [1.165, 1.54) is 17.0 Å². The Balaban J connectivity index is 2.11. The van der Waals surface area contributed by atoms with Crippen molar-refractivity contribution in [2.75, 3.05) is 11.9 Å². The number of hydrogen-bond acceptors (Lipinski definition) is 3. The Morgan fingerprint density at radius 2 is 2.16 bits per heavy atom. The summed E-state index contributed by atoms with van der Waals surface area (Å²) in [5, 5.41) is 14.1. The van der Waals surface area contributed by atoms with Gasteiger partial charge < -0.3 is 5.32 Å². The number of rotatable bonds is 4. The van der Waals surface area contributed by atoms with Crippen molar-refractivity contribution in [1.82, 2.24) is 0 Å². The first-order valence-corrected chi connectivity index (χ1v) is 6.88. The molecular formula is C15H15FN2S. The molecule has 1 N–H and O–H groups in total. The Labute approximate surface area is 116 Å². The van der Waals surface area contributed by atoms with Crippen LogP contribution in [0.15, 0.2) is 35.7 Å². The molecule has 4 heteroatoms. The van der Waals surface area contributed by atoms with Gasteiger partial charge in [0.1, 0.15) is 5.82 Å². The van der Waals surface area contributed by atoms with Gasteiger partial charge in [0.2, 0.25) is 0 Å². The fraction of sp³-hybridized carbons (Fsp3) is 0.267. The normalized spacial score (nSPS) is 11.1. The molecule has 0 bridgehead atoms. The topological polar surface area (TPSA) is 35.8 Å². The van der Waals surface area contributed by atoms with Crippen LogP contribution in [0.1, 0.15) is 24.3 Å². The number of benzene rings is 1. The summed E-state index contributed by atoms with van der Waals surface area (Å²) < 4.78 is 13.3. The minimum atomic E-state index is -0.393. The van der Waals surface area contributed by atoms with E-state index in [2.05, 4.69) is 25.2 Å². The van der Waals surface area contributed by atoms with Crippen molar-refractivity contribution >= 4 is 17.0 Å². The van der Waals surface area contributed by atoms with E-state index < -0.39 is 5.82 Å². The van der Waals surface area contributed by atoms with Crippen LogP contribution in [-0.4, -0.2) is 6.54 Å². The lowest BCUT2D eigenvalue weighted by molar-refractivity contribution is 0.568. The lowest BCUT2D eigenvalue weighted by Gasteiger charge is -2.24. The van der Waals surface area contributed by atoms with Gasteiger partial charge in [0.15, 0.2) is 0 Å². The first-order valence-electron chi connectivity index (χ1n) is 6.00. The van der Waals surface area contributed by atoms with Gasteiger partial charge in [0, 0.05) is 22.5 Å². The van der Waals surface area contributed by atoms with Crippen molar-refractivity contribution in [2.24, 2.45) is 0 Å². The van der Waals surface area contributed by atoms with Gasteiger partial charge in [-0.1, -0.05) is 19.9 Å². The predicted molar refractivity (Wildman–Crippen MR) is 76.9 cm³/mol. The van der Waals surface area contributed by atoms with E-state index in [1.54, 1.807) is 17.4 Å². The molecule has 0 unspecified atom stereocenters. The molecule has 0 spiro atoms. The molecule has 19 heavy (non-hydrogen) atoms. The number of nitriles is 1. The van der Waals surface area contributed by atoms with Crippen LogP contribution in [0.3, 0.4) is 0 Å². The van der Waals surface area contributed by atoms with Crippen molar-refractivity contribution in [2.45, 2.75) is 19.3 Å². The van der Waals surface area contributed by atoms with Crippen molar-refractivity contribution in [1.29, 1.82) is 5.26 Å². The molecule has 0 saturated heterocycles. The summed E-state index contributed by atoms with van der Waals surface area (Å²) >= 11 is 1.71. The van der Waals surface area contributed by atoms with Crippen LogP contribution < -0.4 is 5.32 Å². The number of halogens is 1. The van der Waals surface area contributed by atoms with Gasteiger partial charge in [0.05, 0.1) is 11.6 Å². The maximum absolute atomic E-state index is 13.3. The van der Waals surface area contributed by atoms with Crippen LogP contribution >= 0.6 is 11.3 Å². The minimum Gasteiger partial charge on any atom is -0.384 e. The first-order chi connectivity index (χ1) is 9.01. The first kappa shape index (κ1) is 13.6.